The Morgan fingerprint density at radius 2 is 1.46 bits per heavy atom. The second kappa shape index (κ2) is 18.3. The number of hydrogen-bond donors (Lipinski definition) is 0. The van der Waals surface area contributed by atoms with E-state index in [2.05, 4.69) is 81.2 Å². The molecule has 0 aliphatic heterocycles. The summed E-state index contributed by atoms with van der Waals surface area (Å²) in [6.07, 6.45) is 0.469. The fourth-order valence-electron chi connectivity index (χ4n) is 8.06. The monoisotopic (exact) mass is 1030 g/mol. The van der Waals surface area contributed by atoms with Crippen LogP contribution in [0.25, 0.3) is 72.7 Å². The van der Waals surface area contributed by atoms with Crippen molar-refractivity contribution in [3.8, 4) is 39.6 Å². The molecule has 0 aliphatic carbocycles. The maximum atomic E-state index is 8.75. The summed E-state index contributed by atoms with van der Waals surface area (Å²) in [5.41, 5.74) is 10.8. The molecule has 1 radical (unpaired) electrons. The van der Waals surface area contributed by atoms with E-state index in [9.17, 15) is 0 Å². The molecule has 0 amide bonds. The number of fused-ring (bicyclic) bond motifs is 4. The van der Waals surface area contributed by atoms with E-state index < -0.39 is 26.7 Å². The molecule has 5 nitrogen and oxygen atoms in total. The van der Waals surface area contributed by atoms with Gasteiger partial charge in [0.1, 0.15) is 0 Å². The minimum Gasteiger partial charge on any atom is -0.486 e. The summed E-state index contributed by atoms with van der Waals surface area (Å²) in [5, 5.41) is 2.95. The average Bonchev–Trinajstić information content (AvgIpc) is 3.86. The molecule has 0 aliphatic rings. The molecule has 5 aromatic carbocycles. The van der Waals surface area contributed by atoms with Crippen LogP contribution in [0.1, 0.15) is 89.4 Å². The Balaban J connectivity index is 0.000000242. The molecule has 0 saturated carbocycles. The number of rotatable bonds is 8. The summed E-state index contributed by atoms with van der Waals surface area (Å²) in [4.78, 5) is 14.7. The van der Waals surface area contributed by atoms with Gasteiger partial charge in [-0.05, 0) is 76.7 Å². The Morgan fingerprint density at radius 1 is 0.762 bits per heavy atom. The number of benzene rings is 5. The fourth-order valence-corrected chi connectivity index (χ4v) is 9.45. The maximum Gasteiger partial charge on any atom is 0.216 e. The van der Waals surface area contributed by atoms with Crippen molar-refractivity contribution in [2.45, 2.75) is 93.2 Å². The normalized spacial score (nSPS) is 13.6. The molecule has 0 unspecified atom stereocenters. The molecule has 9 rings (SSSR count). The minimum absolute atomic E-state index is 0. The molecule has 323 valence electrons. The molecular weight excluding hydrogens is 965 g/mol. The fraction of sp³-hybridized carbons (Fsp3) is 0.268. The Kier molecular flexibility index (Phi) is 11.4. The first kappa shape index (κ1) is 39.2. The first-order valence-corrected chi connectivity index (χ1v) is 25.0. The maximum absolute atomic E-state index is 8.75. The van der Waals surface area contributed by atoms with Crippen molar-refractivity contribution >= 4 is 46.4 Å². The molecule has 9 aromatic rings. The van der Waals surface area contributed by atoms with Gasteiger partial charge in [-0.2, -0.15) is 0 Å². The van der Waals surface area contributed by atoms with Gasteiger partial charge in [-0.3, -0.25) is 4.98 Å². The van der Waals surface area contributed by atoms with Gasteiger partial charge in [0.05, 0.1) is 36.2 Å². The molecule has 0 atom stereocenters. The first-order valence-electron chi connectivity index (χ1n) is 24.0. The molecule has 7 heteroatoms. The molecule has 4 heterocycles. The quantitative estimate of drug-likeness (QED) is 0.112. The zero-order valence-electron chi connectivity index (χ0n) is 42.8. The van der Waals surface area contributed by atoms with Crippen LogP contribution >= 0.6 is 0 Å². The number of nitrogens with zero attached hydrogens (tertiary/aromatic N) is 4. The van der Waals surface area contributed by atoms with Crippen LogP contribution in [0, 0.1) is 24.4 Å². The second-order valence-electron chi connectivity index (χ2n) is 18.7. The molecule has 0 bridgehead atoms. The zero-order chi connectivity index (χ0) is 48.2. The van der Waals surface area contributed by atoms with Crippen LogP contribution in [-0.2, 0) is 26.5 Å². The number of pyridine rings is 2. The summed E-state index contributed by atoms with van der Waals surface area (Å²) < 4.78 is 50.8. The van der Waals surface area contributed by atoms with Crippen LogP contribution in [0.15, 0.2) is 132 Å². The van der Waals surface area contributed by atoms with Gasteiger partial charge in [0.25, 0.3) is 0 Å². The summed E-state index contributed by atoms with van der Waals surface area (Å²) in [7, 11) is -1.70. The van der Waals surface area contributed by atoms with E-state index >= 15 is 0 Å². The zero-order valence-corrected chi connectivity index (χ0v) is 41.2. The molecule has 63 heavy (non-hydrogen) atoms. The van der Waals surface area contributed by atoms with E-state index in [0.717, 1.165) is 77.4 Å². The van der Waals surface area contributed by atoms with Crippen LogP contribution < -0.4 is 5.19 Å². The first-order chi connectivity index (χ1) is 31.6. The minimum atomic E-state index is -2.22. The van der Waals surface area contributed by atoms with Gasteiger partial charge < -0.3 is 14.0 Å². The van der Waals surface area contributed by atoms with E-state index in [1.54, 1.807) is 0 Å². The van der Waals surface area contributed by atoms with Crippen molar-refractivity contribution in [3.05, 3.63) is 162 Å². The number of imidazole rings is 1. The Hall–Kier alpha value is -5.46. The Bertz CT molecular complexity index is 3210. The van der Waals surface area contributed by atoms with Gasteiger partial charge in [0.15, 0.2) is 0 Å². The second-order valence-corrected chi connectivity index (χ2v) is 23.7. The van der Waals surface area contributed by atoms with Gasteiger partial charge in [-0.15, -0.1) is 54.1 Å². The molecule has 4 aromatic heterocycles. The largest absolute Gasteiger partial charge is 0.486 e. The van der Waals surface area contributed by atoms with E-state index in [0.29, 0.717) is 22.7 Å². The van der Waals surface area contributed by atoms with Crippen LogP contribution in [0.4, 0.5) is 0 Å². The third-order valence-corrected chi connectivity index (χ3v) is 13.0. The number of furan rings is 1. The Morgan fingerprint density at radius 3 is 2.11 bits per heavy atom. The van der Waals surface area contributed by atoms with Gasteiger partial charge >= 0.3 is 0 Å². The van der Waals surface area contributed by atoms with Crippen molar-refractivity contribution in [2.24, 2.45) is 5.41 Å². The molecule has 0 N–H and O–H groups in total. The van der Waals surface area contributed by atoms with E-state index in [4.69, 9.17) is 21.2 Å². The third-order valence-electron chi connectivity index (χ3n) is 11.0. The summed E-state index contributed by atoms with van der Waals surface area (Å²) in [5.74, 6) is 0.806. The number of hydrogen-bond acceptors (Lipinski definition) is 4. The molecular formula is C56H58IrN4OSi-2. The average molecular weight is 1030 g/mol. The van der Waals surface area contributed by atoms with Crippen molar-refractivity contribution < 1.29 is 31.4 Å². The van der Waals surface area contributed by atoms with E-state index in [1.807, 2.05) is 136 Å². The summed E-state index contributed by atoms with van der Waals surface area (Å²) in [6, 6.07) is 46.1. The molecule has 0 spiro atoms. The number of aryl methyl sites for hydroxylation is 1. The van der Waals surface area contributed by atoms with Gasteiger partial charge in [-0.1, -0.05) is 151 Å². The standard InChI is InChI=1S/C37H32N3O.C19H26NSi.Ir/c1-22(2)29-20-24(5)21-30(23(3)4)34(29)40-33-17-10-9-16-32(33)38-36(40)28-15-11-14-26-27-18-19-31(25-12-7-6-8-13-25)39-37(27)41-35(26)28;1-19(2,3)13-16-12-17(15-10-8-7-9-11-15)20-14-18(16)21(4,5)6;/h6-14,16-23H,1-5H3;7-10,12,14H,13H2,1-6H3;/q2*-1;/i5D3;13D2;. The van der Waals surface area contributed by atoms with Gasteiger partial charge in [0, 0.05) is 49.8 Å². The van der Waals surface area contributed by atoms with Crippen molar-refractivity contribution in [1.82, 2.24) is 19.5 Å². The van der Waals surface area contributed by atoms with Gasteiger partial charge in [0.2, 0.25) is 5.71 Å². The van der Waals surface area contributed by atoms with Crippen molar-refractivity contribution in [2.75, 3.05) is 0 Å². The van der Waals surface area contributed by atoms with Crippen LogP contribution in [0.2, 0.25) is 19.6 Å². The summed E-state index contributed by atoms with van der Waals surface area (Å²) >= 11 is 0. The number of para-hydroxylation sites is 2. The summed E-state index contributed by atoms with van der Waals surface area (Å²) in [6.45, 7) is 18.8. The third kappa shape index (κ3) is 9.57. The van der Waals surface area contributed by atoms with E-state index in [1.165, 1.54) is 0 Å². The van der Waals surface area contributed by atoms with Gasteiger partial charge in [-0.25, -0.2) is 4.98 Å². The van der Waals surface area contributed by atoms with Crippen LogP contribution in [0.3, 0.4) is 0 Å². The van der Waals surface area contributed by atoms with Crippen LogP contribution in [0.5, 0.6) is 0 Å². The van der Waals surface area contributed by atoms with Crippen LogP contribution in [-0.4, -0.2) is 27.6 Å². The number of aromatic nitrogens is 4. The smallest absolute Gasteiger partial charge is 0.216 e. The topological polar surface area (TPSA) is 56.7 Å². The van der Waals surface area contributed by atoms with Crippen molar-refractivity contribution in [1.29, 1.82) is 0 Å². The molecule has 0 fully saturated rings. The molecule has 0 saturated heterocycles. The Labute approximate surface area is 395 Å². The van der Waals surface area contributed by atoms with E-state index in [-0.39, 0.29) is 31.9 Å². The predicted octanol–water partition coefficient (Wildman–Crippen LogP) is 14.7. The van der Waals surface area contributed by atoms with Crippen molar-refractivity contribution in [3.63, 3.8) is 0 Å². The SMILES string of the molecule is [2H]C([2H])([2H])c1cc(C(C)C)c(-n2c(-c3[c-]ccc4c3oc3nc(-c5ccccc5)ccc34)nc3ccccc32)c(C(C)C)c1.[2H]C([2H])(c1cc(-c2[c-]cccc2)ncc1[Si](C)(C)C)C(C)(C)C.[Ir]. The predicted molar refractivity (Wildman–Crippen MR) is 263 cm³/mol.